The van der Waals surface area contributed by atoms with Gasteiger partial charge in [0.15, 0.2) is 5.78 Å². The summed E-state index contributed by atoms with van der Waals surface area (Å²) in [7, 11) is 1.64. The molecule has 1 aromatic carbocycles. The molecule has 0 heterocycles. The fraction of sp³-hybridized carbons (Fsp3) is 0.417. The summed E-state index contributed by atoms with van der Waals surface area (Å²) in [6.45, 7) is 0. The van der Waals surface area contributed by atoms with E-state index >= 15 is 0 Å². The second-order valence-electron chi connectivity index (χ2n) is 3.83. The largest absolute Gasteiger partial charge is 0.497 e. The summed E-state index contributed by atoms with van der Waals surface area (Å²) in [5.74, 6) is 0.962. The molecule has 1 aromatic rings. The van der Waals surface area contributed by atoms with Crippen LogP contribution in [0.3, 0.4) is 0 Å². The van der Waals surface area contributed by atoms with Crippen LogP contribution in [0, 0.1) is 0 Å². The maximum Gasteiger partial charge on any atom is 0.176 e. The Labute approximate surface area is 112 Å². The highest BCUT2D eigenvalue weighted by atomic mass is 79.9. The third-order valence-electron chi connectivity index (χ3n) is 2.82. The molecule has 2 atom stereocenters. The summed E-state index contributed by atoms with van der Waals surface area (Å²) in [6, 6.07) is 5.63. The minimum atomic E-state index is -0.0674. The van der Waals surface area contributed by atoms with Crippen LogP contribution < -0.4 is 4.74 Å². The molecule has 0 amide bonds. The Kier molecular flexibility index (Phi) is 3.70. The molecule has 4 heteroatoms. The molecule has 0 N–H and O–H groups in total. The van der Waals surface area contributed by atoms with Crippen LogP contribution in [0.2, 0.25) is 0 Å². The molecule has 1 aliphatic carbocycles. The Bertz CT molecular complexity index is 417. The summed E-state index contributed by atoms with van der Waals surface area (Å²) < 4.78 is 5.19. The minimum Gasteiger partial charge on any atom is -0.497 e. The smallest absolute Gasteiger partial charge is 0.176 e. The van der Waals surface area contributed by atoms with Gasteiger partial charge in [-0.3, -0.25) is 4.79 Å². The zero-order valence-electron chi connectivity index (χ0n) is 8.87. The van der Waals surface area contributed by atoms with Gasteiger partial charge in [0.25, 0.3) is 0 Å². The van der Waals surface area contributed by atoms with Gasteiger partial charge >= 0.3 is 0 Å². The van der Waals surface area contributed by atoms with Crippen molar-refractivity contribution in [3.8, 4) is 5.75 Å². The Balaban J connectivity index is 2.51. The summed E-state index contributed by atoms with van der Waals surface area (Å²) in [6.07, 6.45) is 1.80. The van der Waals surface area contributed by atoms with Crippen molar-refractivity contribution < 1.29 is 9.53 Å². The maximum atomic E-state index is 12.1. The number of carbonyl (C=O) groups is 1. The zero-order chi connectivity index (χ0) is 11.7. The van der Waals surface area contributed by atoms with E-state index in [4.69, 9.17) is 4.74 Å². The van der Waals surface area contributed by atoms with Crippen molar-refractivity contribution in [3.63, 3.8) is 0 Å². The number of halogens is 2. The predicted octanol–water partition coefficient (Wildman–Crippen LogP) is 3.87. The van der Waals surface area contributed by atoms with Gasteiger partial charge in [0, 0.05) is 10.4 Å². The Hall–Kier alpha value is -0.350. The molecule has 0 spiro atoms. The number of ether oxygens (including phenoxy) is 1. The lowest BCUT2D eigenvalue weighted by molar-refractivity contribution is 0.0990. The van der Waals surface area contributed by atoms with E-state index in [0.717, 1.165) is 29.7 Å². The molecule has 0 radical (unpaired) electrons. The van der Waals surface area contributed by atoms with Gasteiger partial charge in [-0.05, 0) is 36.6 Å². The quantitative estimate of drug-likeness (QED) is 0.569. The summed E-state index contributed by atoms with van der Waals surface area (Å²) in [4.78, 5) is 12.2. The number of alkyl halides is 2. The number of methoxy groups -OCH3 is 1. The number of Topliss-reactive ketones (excluding diaryl/α,β-unsaturated/α-hetero) is 1. The van der Waals surface area contributed by atoms with Crippen LogP contribution in [0.5, 0.6) is 5.75 Å². The van der Waals surface area contributed by atoms with E-state index in [1.807, 2.05) is 18.2 Å². The molecular formula is C12H12Br2O2. The normalized spacial score (nSPS) is 24.8. The van der Waals surface area contributed by atoms with E-state index in [1.54, 1.807) is 7.11 Å². The topological polar surface area (TPSA) is 26.3 Å². The first kappa shape index (κ1) is 12.1. The molecule has 0 unspecified atom stereocenters. The fourth-order valence-corrected chi connectivity index (χ4v) is 3.05. The molecule has 0 saturated heterocycles. The summed E-state index contributed by atoms with van der Waals surface area (Å²) in [5, 5.41) is 0. The number of hydrogen-bond acceptors (Lipinski definition) is 2. The Morgan fingerprint density at radius 2 is 1.94 bits per heavy atom. The molecule has 0 aliphatic heterocycles. The van der Waals surface area contributed by atoms with Crippen molar-refractivity contribution in [2.45, 2.75) is 22.5 Å². The van der Waals surface area contributed by atoms with Crippen LogP contribution in [-0.2, 0) is 0 Å². The van der Waals surface area contributed by atoms with Gasteiger partial charge in [-0.25, -0.2) is 0 Å². The zero-order valence-corrected chi connectivity index (χ0v) is 12.0. The SMILES string of the molecule is COc1ccc2c(c1)[C@H](Br)CC[C@@H](Br)C2=O. The van der Waals surface area contributed by atoms with Crippen molar-refractivity contribution in [1.29, 1.82) is 0 Å². The molecule has 2 nitrogen and oxygen atoms in total. The van der Waals surface area contributed by atoms with Gasteiger partial charge in [0.05, 0.1) is 11.9 Å². The van der Waals surface area contributed by atoms with Crippen LogP contribution in [0.4, 0.5) is 0 Å². The molecule has 86 valence electrons. The molecule has 2 rings (SSSR count). The first-order valence-electron chi connectivity index (χ1n) is 5.13. The van der Waals surface area contributed by atoms with Gasteiger partial charge in [-0.15, -0.1) is 0 Å². The highest BCUT2D eigenvalue weighted by Gasteiger charge is 2.27. The first-order valence-corrected chi connectivity index (χ1v) is 6.97. The Morgan fingerprint density at radius 1 is 1.25 bits per heavy atom. The highest BCUT2D eigenvalue weighted by molar-refractivity contribution is 9.10. The second kappa shape index (κ2) is 4.88. The molecule has 0 bridgehead atoms. The fourth-order valence-electron chi connectivity index (χ4n) is 1.90. The Morgan fingerprint density at radius 3 is 2.62 bits per heavy atom. The number of carbonyl (C=O) groups excluding carboxylic acids is 1. The third kappa shape index (κ3) is 2.18. The van der Waals surface area contributed by atoms with Gasteiger partial charge in [0.2, 0.25) is 0 Å². The number of benzene rings is 1. The first-order chi connectivity index (χ1) is 7.63. The van der Waals surface area contributed by atoms with Gasteiger partial charge < -0.3 is 4.74 Å². The van der Waals surface area contributed by atoms with Crippen molar-refractivity contribution in [1.82, 2.24) is 0 Å². The molecular weight excluding hydrogens is 336 g/mol. The van der Waals surface area contributed by atoms with E-state index in [9.17, 15) is 4.79 Å². The van der Waals surface area contributed by atoms with Crippen LogP contribution in [0.15, 0.2) is 18.2 Å². The number of fused-ring (bicyclic) bond motifs is 1. The molecule has 1 aliphatic rings. The standard InChI is InChI=1S/C12H12Br2O2/c1-16-7-2-3-8-9(6-7)10(13)4-5-11(14)12(8)15/h2-3,6,10-11H,4-5H2,1H3/t10-,11-/m1/s1. The van der Waals surface area contributed by atoms with Crippen molar-refractivity contribution in [3.05, 3.63) is 29.3 Å². The molecule has 0 aromatic heterocycles. The van der Waals surface area contributed by atoms with Crippen LogP contribution in [-0.4, -0.2) is 17.7 Å². The average Bonchev–Trinajstić information content (AvgIpc) is 2.42. The van der Waals surface area contributed by atoms with E-state index in [-0.39, 0.29) is 15.4 Å². The van der Waals surface area contributed by atoms with Crippen LogP contribution >= 0.6 is 31.9 Å². The maximum absolute atomic E-state index is 12.1. The van der Waals surface area contributed by atoms with E-state index in [0.29, 0.717) is 0 Å². The summed E-state index contributed by atoms with van der Waals surface area (Å²) in [5.41, 5.74) is 1.83. The third-order valence-corrected chi connectivity index (χ3v) is 4.64. The second-order valence-corrected chi connectivity index (χ2v) is 6.04. The van der Waals surface area contributed by atoms with Crippen molar-refractivity contribution in [2.75, 3.05) is 7.11 Å². The number of ketones is 1. The minimum absolute atomic E-state index is 0.0674. The van der Waals surface area contributed by atoms with E-state index in [2.05, 4.69) is 31.9 Å². The van der Waals surface area contributed by atoms with E-state index in [1.165, 1.54) is 0 Å². The van der Waals surface area contributed by atoms with E-state index < -0.39 is 0 Å². The predicted molar refractivity (Wildman–Crippen MR) is 70.9 cm³/mol. The monoisotopic (exact) mass is 346 g/mol. The van der Waals surface area contributed by atoms with Crippen molar-refractivity contribution >= 4 is 37.6 Å². The van der Waals surface area contributed by atoms with Gasteiger partial charge in [-0.1, -0.05) is 31.9 Å². The number of hydrogen-bond donors (Lipinski definition) is 0. The average molecular weight is 348 g/mol. The van der Waals surface area contributed by atoms with Gasteiger partial charge in [-0.2, -0.15) is 0 Å². The highest BCUT2D eigenvalue weighted by Crippen LogP contribution is 2.38. The van der Waals surface area contributed by atoms with Crippen molar-refractivity contribution in [2.24, 2.45) is 0 Å². The van der Waals surface area contributed by atoms with Gasteiger partial charge in [0.1, 0.15) is 5.75 Å². The van der Waals surface area contributed by atoms with Crippen LogP contribution in [0.1, 0.15) is 33.6 Å². The lowest BCUT2D eigenvalue weighted by atomic mass is 10.0. The number of rotatable bonds is 1. The molecule has 0 fully saturated rings. The van der Waals surface area contributed by atoms with Crippen LogP contribution in [0.25, 0.3) is 0 Å². The molecule has 0 saturated carbocycles. The lowest BCUT2D eigenvalue weighted by Crippen LogP contribution is -2.12. The summed E-state index contributed by atoms with van der Waals surface area (Å²) >= 11 is 7.06. The lowest BCUT2D eigenvalue weighted by Gasteiger charge is -2.11. The molecule has 16 heavy (non-hydrogen) atoms.